The normalized spacial score (nSPS) is 14.9. The number of rotatable bonds is 8. The number of benzene rings is 2. The third kappa shape index (κ3) is 6.44. The van der Waals surface area contributed by atoms with E-state index in [-0.39, 0.29) is 0 Å². The van der Waals surface area contributed by atoms with Crippen molar-refractivity contribution in [2.45, 2.75) is 6.54 Å². The largest absolute Gasteiger partial charge is 0.337 e. The Morgan fingerprint density at radius 3 is 2.56 bits per heavy atom. The van der Waals surface area contributed by atoms with Crippen LogP contribution in [-0.2, 0) is 16.6 Å². The summed E-state index contributed by atoms with van der Waals surface area (Å²) < 4.78 is 26.7. The van der Waals surface area contributed by atoms with E-state index < -0.39 is 10.0 Å². The molecule has 0 unspecified atom stereocenters. The van der Waals surface area contributed by atoms with E-state index in [0.29, 0.717) is 38.6 Å². The van der Waals surface area contributed by atoms with E-state index in [1.165, 1.54) is 23.1 Å². The van der Waals surface area contributed by atoms with Crippen LogP contribution < -0.4 is 14.9 Å². The van der Waals surface area contributed by atoms with Gasteiger partial charge in [-0.1, -0.05) is 12.1 Å². The van der Waals surface area contributed by atoms with Crippen LogP contribution in [0.2, 0.25) is 0 Å². The average Bonchev–Trinajstić information content (AvgIpc) is 2.91. The van der Waals surface area contributed by atoms with Crippen LogP contribution >= 0.6 is 15.9 Å². The number of piperazine rings is 1. The molecular formula is C26H30BrN9O2S. The summed E-state index contributed by atoms with van der Waals surface area (Å²) in [4.78, 5) is 22.6. The molecule has 3 heterocycles. The van der Waals surface area contributed by atoms with Gasteiger partial charge in [0.05, 0.1) is 21.9 Å². The first-order chi connectivity index (χ1) is 18.7. The monoisotopic (exact) mass is 611 g/mol. The van der Waals surface area contributed by atoms with Gasteiger partial charge < -0.3 is 15.5 Å². The molecule has 0 spiro atoms. The Kier molecular flexibility index (Phi) is 7.93. The van der Waals surface area contributed by atoms with E-state index in [0.717, 1.165) is 44.7 Å². The fraction of sp³-hybridized carbons (Fsp3) is 0.308. The minimum Gasteiger partial charge on any atom is -0.337 e. The predicted octanol–water partition coefficient (Wildman–Crippen LogP) is 3.81. The Balaban J connectivity index is 1.40. The SMILES string of the molecule is CN1CCN(Cc2cccc(Nc3ncc(Br)c(Nc4ccc5nccnc5c4N(C)S(C)(=O)=O)n3)c2)CC1. The Morgan fingerprint density at radius 1 is 1.03 bits per heavy atom. The first-order valence-corrected chi connectivity index (χ1v) is 15.1. The molecule has 13 heteroatoms. The van der Waals surface area contributed by atoms with Crippen LogP contribution in [-0.4, -0.2) is 84.7 Å². The van der Waals surface area contributed by atoms with Gasteiger partial charge in [-0.3, -0.25) is 19.2 Å². The molecule has 1 aliphatic heterocycles. The summed E-state index contributed by atoms with van der Waals surface area (Å²) in [6.45, 7) is 5.14. The highest BCUT2D eigenvalue weighted by molar-refractivity contribution is 9.10. The van der Waals surface area contributed by atoms with E-state index in [1.54, 1.807) is 24.5 Å². The molecule has 204 valence electrons. The lowest BCUT2D eigenvalue weighted by Gasteiger charge is -2.32. The van der Waals surface area contributed by atoms with Gasteiger partial charge in [-0.25, -0.2) is 13.4 Å². The molecule has 0 amide bonds. The van der Waals surface area contributed by atoms with Gasteiger partial charge in [-0.15, -0.1) is 0 Å². The number of halogens is 1. The summed E-state index contributed by atoms with van der Waals surface area (Å²) in [5.41, 5.74) is 4.01. The maximum Gasteiger partial charge on any atom is 0.232 e. The van der Waals surface area contributed by atoms with Gasteiger partial charge in [-0.05, 0) is 52.8 Å². The van der Waals surface area contributed by atoms with Crippen LogP contribution in [0.15, 0.2) is 59.5 Å². The van der Waals surface area contributed by atoms with Gasteiger partial charge in [0.15, 0.2) is 0 Å². The van der Waals surface area contributed by atoms with Crippen LogP contribution in [0.1, 0.15) is 5.56 Å². The second-order valence-corrected chi connectivity index (χ2v) is 12.4. The van der Waals surface area contributed by atoms with Crippen LogP contribution in [0.4, 0.5) is 28.8 Å². The molecule has 4 aromatic rings. The van der Waals surface area contributed by atoms with Crippen molar-refractivity contribution in [1.82, 2.24) is 29.7 Å². The van der Waals surface area contributed by atoms with E-state index in [9.17, 15) is 8.42 Å². The number of nitrogens with zero attached hydrogens (tertiary/aromatic N) is 7. The first-order valence-electron chi connectivity index (χ1n) is 12.4. The molecule has 0 atom stereocenters. The molecule has 0 radical (unpaired) electrons. The van der Waals surface area contributed by atoms with Crippen molar-refractivity contribution in [3.63, 3.8) is 0 Å². The molecule has 1 saturated heterocycles. The topological polar surface area (TPSA) is 119 Å². The summed E-state index contributed by atoms with van der Waals surface area (Å²) in [5.74, 6) is 0.864. The quantitative estimate of drug-likeness (QED) is 0.304. The molecule has 5 rings (SSSR count). The third-order valence-electron chi connectivity index (χ3n) is 6.61. The van der Waals surface area contributed by atoms with Crippen molar-refractivity contribution in [2.75, 3.05) is 61.5 Å². The zero-order chi connectivity index (χ0) is 27.6. The number of likely N-dealkylation sites (N-methyl/N-ethyl adjacent to an activating group) is 1. The van der Waals surface area contributed by atoms with Crippen LogP contribution in [0.3, 0.4) is 0 Å². The zero-order valence-electron chi connectivity index (χ0n) is 22.0. The molecule has 1 fully saturated rings. The number of anilines is 5. The highest BCUT2D eigenvalue weighted by atomic mass is 79.9. The highest BCUT2D eigenvalue weighted by Gasteiger charge is 2.21. The number of nitrogens with one attached hydrogen (secondary N) is 2. The molecule has 39 heavy (non-hydrogen) atoms. The Bertz CT molecular complexity index is 1590. The van der Waals surface area contributed by atoms with Gasteiger partial charge in [0.2, 0.25) is 16.0 Å². The Labute approximate surface area is 236 Å². The fourth-order valence-corrected chi connectivity index (χ4v) is 5.20. The predicted molar refractivity (Wildman–Crippen MR) is 158 cm³/mol. The van der Waals surface area contributed by atoms with Crippen molar-refractivity contribution >= 4 is 65.8 Å². The van der Waals surface area contributed by atoms with E-state index >= 15 is 0 Å². The summed E-state index contributed by atoms with van der Waals surface area (Å²) in [6, 6.07) is 11.8. The van der Waals surface area contributed by atoms with Gasteiger partial charge in [0.1, 0.15) is 17.0 Å². The second-order valence-electron chi connectivity index (χ2n) is 9.54. The van der Waals surface area contributed by atoms with Crippen molar-refractivity contribution in [1.29, 1.82) is 0 Å². The second kappa shape index (κ2) is 11.4. The molecule has 2 N–H and O–H groups in total. The van der Waals surface area contributed by atoms with E-state index in [1.807, 2.05) is 12.1 Å². The van der Waals surface area contributed by atoms with Gasteiger partial charge in [-0.2, -0.15) is 4.98 Å². The van der Waals surface area contributed by atoms with Crippen LogP contribution in [0.5, 0.6) is 0 Å². The van der Waals surface area contributed by atoms with Crippen molar-refractivity contribution < 1.29 is 8.42 Å². The number of hydrogen-bond acceptors (Lipinski definition) is 10. The zero-order valence-corrected chi connectivity index (χ0v) is 24.4. The minimum absolute atomic E-state index is 0.375. The summed E-state index contributed by atoms with van der Waals surface area (Å²) in [6.07, 6.45) is 5.89. The van der Waals surface area contributed by atoms with Crippen LogP contribution in [0.25, 0.3) is 11.0 Å². The highest BCUT2D eigenvalue weighted by Crippen LogP contribution is 2.36. The first kappa shape index (κ1) is 27.2. The lowest BCUT2D eigenvalue weighted by molar-refractivity contribution is 0.148. The lowest BCUT2D eigenvalue weighted by Crippen LogP contribution is -2.43. The molecule has 1 aliphatic rings. The molecule has 11 nitrogen and oxygen atoms in total. The van der Waals surface area contributed by atoms with E-state index in [2.05, 4.69) is 75.5 Å². The van der Waals surface area contributed by atoms with Crippen molar-refractivity contribution in [3.8, 4) is 0 Å². The molecular weight excluding hydrogens is 582 g/mol. The van der Waals surface area contributed by atoms with Gasteiger partial charge in [0.25, 0.3) is 0 Å². The fourth-order valence-electron chi connectivity index (χ4n) is 4.39. The molecule has 0 saturated carbocycles. The summed E-state index contributed by atoms with van der Waals surface area (Å²) >= 11 is 3.51. The van der Waals surface area contributed by atoms with Gasteiger partial charge >= 0.3 is 0 Å². The smallest absolute Gasteiger partial charge is 0.232 e. The Hall–Kier alpha value is -3.39. The number of fused-ring (bicyclic) bond motifs is 1. The molecule has 2 aromatic carbocycles. The average molecular weight is 613 g/mol. The molecule has 0 bridgehead atoms. The lowest BCUT2D eigenvalue weighted by atomic mass is 10.1. The summed E-state index contributed by atoms with van der Waals surface area (Å²) in [5, 5.41) is 6.55. The maximum absolute atomic E-state index is 12.5. The van der Waals surface area contributed by atoms with Crippen molar-refractivity contribution in [2.24, 2.45) is 0 Å². The third-order valence-corrected chi connectivity index (χ3v) is 8.37. The maximum atomic E-state index is 12.5. The molecule has 0 aliphatic carbocycles. The minimum atomic E-state index is -3.58. The van der Waals surface area contributed by atoms with Crippen molar-refractivity contribution in [3.05, 3.63) is 65.0 Å². The number of sulfonamides is 1. The van der Waals surface area contributed by atoms with Crippen LogP contribution in [0, 0.1) is 0 Å². The number of hydrogen-bond donors (Lipinski definition) is 2. The Morgan fingerprint density at radius 2 is 1.79 bits per heavy atom. The molecule has 2 aromatic heterocycles. The summed E-state index contributed by atoms with van der Waals surface area (Å²) in [7, 11) is 0.0662. The number of aromatic nitrogens is 4. The standard InChI is InChI=1S/C26H30BrN9O2S/c1-34-11-13-36(14-12-34)17-18-5-4-6-19(15-18)31-26-30-16-20(27)25(33-26)32-22-8-7-21-23(29-10-9-28-21)24(22)35(2)39(3,37)38/h4-10,15-16H,11-14,17H2,1-3H3,(H2,30,31,32,33). The van der Waals surface area contributed by atoms with E-state index in [4.69, 9.17) is 0 Å². The van der Waals surface area contributed by atoms with Gasteiger partial charge in [0, 0.05) is 64.0 Å².